The van der Waals surface area contributed by atoms with Crippen molar-refractivity contribution >= 4 is 21.4 Å². The van der Waals surface area contributed by atoms with Crippen LogP contribution in [0.2, 0.25) is 0 Å². The number of fused-ring (bicyclic) bond motifs is 3. The second kappa shape index (κ2) is 5.06. The number of benzene rings is 1. The third kappa shape index (κ3) is 2.31. The smallest absolute Gasteiger partial charge is 0.177 e. The summed E-state index contributed by atoms with van der Waals surface area (Å²) in [5.74, 6) is 3.20. The quantitative estimate of drug-likeness (QED) is 0.792. The summed E-state index contributed by atoms with van der Waals surface area (Å²) in [5, 5.41) is 1.02. The highest BCUT2D eigenvalue weighted by Gasteiger charge is 2.47. The van der Waals surface area contributed by atoms with Crippen molar-refractivity contribution in [1.82, 2.24) is 4.90 Å². The van der Waals surface area contributed by atoms with E-state index in [0.29, 0.717) is 5.92 Å². The molecular formula is C18H22FNS. The SMILES string of the molecule is CN(C)C[C@H]1[C@H]2CC[C@H](C2)[C@@H]1c1ccc2sc(F)cc2c1. The molecule has 2 bridgehead atoms. The molecule has 2 aliphatic carbocycles. The Bertz CT molecular complexity index is 662. The topological polar surface area (TPSA) is 3.24 Å². The van der Waals surface area contributed by atoms with Crippen LogP contribution in [-0.4, -0.2) is 25.5 Å². The standard InChI is InChI=1S/C18H22FNS/c1-20(2)10-15-11-3-4-12(7-11)18(15)13-5-6-16-14(8-13)9-17(19)21-16/h5-6,8-9,11-12,15,18H,3-4,7,10H2,1-2H3/t11-,12+,15-,18+/m0/s1. The molecule has 0 aliphatic heterocycles. The van der Waals surface area contributed by atoms with Gasteiger partial charge in [0.05, 0.1) is 0 Å². The van der Waals surface area contributed by atoms with Crippen molar-refractivity contribution in [3.05, 3.63) is 35.0 Å². The van der Waals surface area contributed by atoms with Crippen LogP contribution in [0.5, 0.6) is 0 Å². The lowest BCUT2D eigenvalue weighted by Crippen LogP contribution is -2.30. The Morgan fingerprint density at radius 3 is 2.81 bits per heavy atom. The van der Waals surface area contributed by atoms with E-state index in [-0.39, 0.29) is 5.13 Å². The molecule has 1 aromatic heterocycles. The molecule has 1 aromatic carbocycles. The fourth-order valence-electron chi connectivity index (χ4n) is 4.85. The molecule has 0 N–H and O–H groups in total. The van der Waals surface area contributed by atoms with Gasteiger partial charge in [-0.2, -0.15) is 4.39 Å². The van der Waals surface area contributed by atoms with Gasteiger partial charge < -0.3 is 4.90 Å². The predicted octanol–water partition coefficient (Wildman–Crippen LogP) is 4.73. The molecular weight excluding hydrogens is 281 g/mol. The molecule has 2 aliphatic rings. The summed E-state index contributed by atoms with van der Waals surface area (Å²) in [6, 6.07) is 8.32. The third-order valence-corrected chi connectivity index (χ3v) is 6.46. The summed E-state index contributed by atoms with van der Waals surface area (Å²) in [4.78, 5) is 2.33. The van der Waals surface area contributed by atoms with Gasteiger partial charge in [-0.1, -0.05) is 6.07 Å². The van der Waals surface area contributed by atoms with E-state index in [4.69, 9.17) is 0 Å². The zero-order valence-electron chi connectivity index (χ0n) is 12.7. The van der Waals surface area contributed by atoms with Crippen molar-refractivity contribution in [3.8, 4) is 0 Å². The second-order valence-electron chi connectivity index (χ2n) is 7.13. The molecule has 3 heteroatoms. The molecule has 2 fully saturated rings. The van der Waals surface area contributed by atoms with Gasteiger partial charge in [-0.15, -0.1) is 11.3 Å². The first kappa shape index (κ1) is 13.7. The van der Waals surface area contributed by atoms with E-state index >= 15 is 0 Å². The minimum absolute atomic E-state index is 0.0695. The molecule has 1 heterocycles. The van der Waals surface area contributed by atoms with E-state index in [1.54, 1.807) is 6.07 Å². The van der Waals surface area contributed by atoms with Crippen LogP contribution < -0.4 is 0 Å². The lowest BCUT2D eigenvalue weighted by Gasteiger charge is -2.33. The first-order chi connectivity index (χ1) is 10.1. The molecule has 0 amide bonds. The van der Waals surface area contributed by atoms with Crippen molar-refractivity contribution in [2.24, 2.45) is 17.8 Å². The van der Waals surface area contributed by atoms with Crippen molar-refractivity contribution in [3.63, 3.8) is 0 Å². The monoisotopic (exact) mass is 303 g/mol. The Morgan fingerprint density at radius 2 is 2.00 bits per heavy atom. The lowest BCUT2D eigenvalue weighted by molar-refractivity contribution is 0.219. The first-order valence-electron chi connectivity index (χ1n) is 7.95. The van der Waals surface area contributed by atoms with Gasteiger partial charge in [0.15, 0.2) is 5.13 Å². The number of hydrogen-bond donors (Lipinski definition) is 0. The van der Waals surface area contributed by atoms with Crippen LogP contribution >= 0.6 is 11.3 Å². The molecule has 4 atom stereocenters. The van der Waals surface area contributed by atoms with E-state index in [0.717, 1.165) is 27.8 Å². The van der Waals surface area contributed by atoms with Crippen molar-refractivity contribution < 1.29 is 4.39 Å². The lowest BCUT2D eigenvalue weighted by atomic mass is 9.75. The van der Waals surface area contributed by atoms with Gasteiger partial charge in [-0.05, 0) is 86.2 Å². The molecule has 2 saturated carbocycles. The summed E-state index contributed by atoms with van der Waals surface area (Å²) < 4.78 is 14.5. The van der Waals surface area contributed by atoms with Crippen LogP contribution in [0.3, 0.4) is 0 Å². The van der Waals surface area contributed by atoms with Gasteiger partial charge in [0.1, 0.15) is 0 Å². The Kier molecular flexibility index (Phi) is 3.31. The largest absolute Gasteiger partial charge is 0.309 e. The molecule has 112 valence electrons. The maximum atomic E-state index is 13.4. The Hall–Kier alpha value is -0.930. The summed E-state index contributed by atoms with van der Waals surface area (Å²) in [6.07, 6.45) is 4.20. The summed E-state index contributed by atoms with van der Waals surface area (Å²) >= 11 is 1.26. The van der Waals surface area contributed by atoms with E-state index in [2.05, 4.69) is 37.2 Å². The Labute approximate surface area is 129 Å². The van der Waals surface area contributed by atoms with Crippen LogP contribution in [0.25, 0.3) is 10.1 Å². The van der Waals surface area contributed by atoms with Gasteiger partial charge in [0.2, 0.25) is 0 Å². The molecule has 2 aromatic rings. The minimum atomic E-state index is -0.0695. The van der Waals surface area contributed by atoms with Crippen LogP contribution in [-0.2, 0) is 0 Å². The van der Waals surface area contributed by atoms with Crippen LogP contribution in [0.4, 0.5) is 4.39 Å². The maximum Gasteiger partial charge on any atom is 0.177 e. The maximum absolute atomic E-state index is 13.4. The van der Waals surface area contributed by atoms with Crippen LogP contribution in [0.15, 0.2) is 24.3 Å². The minimum Gasteiger partial charge on any atom is -0.309 e. The van der Waals surface area contributed by atoms with Crippen LogP contribution in [0, 0.1) is 22.9 Å². The molecule has 21 heavy (non-hydrogen) atoms. The average molecular weight is 303 g/mol. The fourth-order valence-corrected chi connectivity index (χ4v) is 5.62. The fraction of sp³-hybridized carbons (Fsp3) is 0.556. The highest BCUT2D eigenvalue weighted by molar-refractivity contribution is 7.17. The van der Waals surface area contributed by atoms with Gasteiger partial charge in [-0.3, -0.25) is 0 Å². The van der Waals surface area contributed by atoms with Gasteiger partial charge >= 0.3 is 0 Å². The number of rotatable bonds is 3. The Morgan fingerprint density at radius 1 is 1.19 bits per heavy atom. The van der Waals surface area contributed by atoms with E-state index in [1.165, 1.54) is 42.7 Å². The van der Waals surface area contributed by atoms with E-state index in [9.17, 15) is 4.39 Å². The molecule has 0 unspecified atom stereocenters. The second-order valence-corrected chi connectivity index (χ2v) is 8.17. The van der Waals surface area contributed by atoms with Crippen molar-refractivity contribution in [2.75, 3.05) is 20.6 Å². The van der Waals surface area contributed by atoms with E-state index in [1.807, 2.05) is 0 Å². The zero-order chi connectivity index (χ0) is 14.6. The summed E-state index contributed by atoms with van der Waals surface area (Å²) in [5.41, 5.74) is 1.44. The van der Waals surface area contributed by atoms with Crippen molar-refractivity contribution in [1.29, 1.82) is 0 Å². The van der Waals surface area contributed by atoms with Gasteiger partial charge in [-0.25, -0.2) is 0 Å². The molecule has 0 spiro atoms. The average Bonchev–Trinajstić information content (AvgIpc) is 3.09. The molecule has 0 saturated heterocycles. The molecule has 0 radical (unpaired) electrons. The number of nitrogens with zero attached hydrogens (tertiary/aromatic N) is 1. The number of thiophene rings is 1. The number of halogens is 1. The summed E-state index contributed by atoms with van der Waals surface area (Å²) in [6.45, 7) is 1.18. The van der Waals surface area contributed by atoms with E-state index < -0.39 is 0 Å². The first-order valence-corrected chi connectivity index (χ1v) is 8.77. The normalized spacial score (nSPS) is 31.6. The summed E-state index contributed by atoms with van der Waals surface area (Å²) in [7, 11) is 4.36. The van der Waals surface area contributed by atoms with Gasteiger partial charge in [0.25, 0.3) is 0 Å². The number of hydrogen-bond acceptors (Lipinski definition) is 2. The molecule has 4 rings (SSSR count). The van der Waals surface area contributed by atoms with Gasteiger partial charge in [0, 0.05) is 11.2 Å². The highest BCUT2D eigenvalue weighted by Crippen LogP contribution is 2.57. The Balaban J connectivity index is 1.71. The highest BCUT2D eigenvalue weighted by atomic mass is 32.1. The zero-order valence-corrected chi connectivity index (χ0v) is 13.5. The van der Waals surface area contributed by atoms with Crippen LogP contribution in [0.1, 0.15) is 30.7 Å². The predicted molar refractivity (Wildman–Crippen MR) is 87.4 cm³/mol. The molecule has 1 nitrogen and oxygen atoms in total. The van der Waals surface area contributed by atoms with Crippen molar-refractivity contribution in [2.45, 2.75) is 25.2 Å². The third-order valence-electron chi connectivity index (χ3n) is 5.56.